The van der Waals surface area contributed by atoms with E-state index in [1.54, 1.807) is 13.0 Å². The van der Waals surface area contributed by atoms with Crippen molar-refractivity contribution in [1.29, 1.82) is 0 Å². The van der Waals surface area contributed by atoms with Crippen LogP contribution in [0, 0.1) is 6.92 Å². The third kappa shape index (κ3) is 3.21. The van der Waals surface area contributed by atoms with Crippen LogP contribution < -0.4 is 10.0 Å². The van der Waals surface area contributed by atoms with E-state index in [0.29, 0.717) is 12.2 Å². The smallest absolute Gasteiger partial charge is 0.276 e. The molecule has 1 fully saturated rings. The zero-order chi connectivity index (χ0) is 12.3. The van der Waals surface area contributed by atoms with E-state index in [-0.39, 0.29) is 11.2 Å². The molecule has 0 spiro atoms. The van der Waals surface area contributed by atoms with Gasteiger partial charge in [-0.25, -0.2) is 23.1 Å². The summed E-state index contributed by atoms with van der Waals surface area (Å²) in [6.07, 6.45) is 3.54. The molecule has 17 heavy (non-hydrogen) atoms. The third-order valence-electron chi connectivity index (χ3n) is 2.70. The van der Waals surface area contributed by atoms with Gasteiger partial charge in [-0.3, -0.25) is 0 Å². The van der Waals surface area contributed by atoms with Gasteiger partial charge in [0.15, 0.2) is 0 Å². The second-order valence-corrected chi connectivity index (χ2v) is 5.79. The molecule has 2 N–H and O–H groups in total. The molecular weight excluding hydrogens is 240 g/mol. The van der Waals surface area contributed by atoms with Crippen molar-refractivity contribution in [2.75, 3.05) is 13.1 Å². The number of hydrogen-bond acceptors (Lipinski definition) is 5. The predicted molar refractivity (Wildman–Crippen MR) is 63.0 cm³/mol. The van der Waals surface area contributed by atoms with Crippen LogP contribution in [0.2, 0.25) is 0 Å². The minimum atomic E-state index is -3.58. The highest BCUT2D eigenvalue weighted by Gasteiger charge is 2.21. The zero-order valence-electron chi connectivity index (χ0n) is 9.68. The summed E-state index contributed by atoms with van der Waals surface area (Å²) in [5, 5.41) is 3.07. The van der Waals surface area contributed by atoms with Crippen molar-refractivity contribution < 1.29 is 8.42 Å². The van der Waals surface area contributed by atoms with Crippen LogP contribution in [0.4, 0.5) is 0 Å². The average Bonchev–Trinajstić information content (AvgIpc) is 2.79. The second kappa shape index (κ2) is 5.07. The van der Waals surface area contributed by atoms with Crippen molar-refractivity contribution >= 4 is 10.0 Å². The molecule has 2 rings (SSSR count). The zero-order valence-corrected chi connectivity index (χ0v) is 10.5. The van der Waals surface area contributed by atoms with E-state index >= 15 is 0 Å². The van der Waals surface area contributed by atoms with Gasteiger partial charge in [0.2, 0.25) is 0 Å². The molecule has 0 radical (unpaired) electrons. The van der Waals surface area contributed by atoms with Gasteiger partial charge in [0, 0.05) is 24.5 Å². The molecule has 94 valence electrons. The number of nitrogens with one attached hydrogen (secondary N) is 2. The van der Waals surface area contributed by atoms with E-state index in [1.165, 1.54) is 6.20 Å². The summed E-state index contributed by atoms with van der Waals surface area (Å²) in [4.78, 5) is 7.68. The Kier molecular flexibility index (Phi) is 3.70. The van der Waals surface area contributed by atoms with E-state index in [0.717, 1.165) is 19.4 Å². The number of aromatic nitrogens is 2. The van der Waals surface area contributed by atoms with Gasteiger partial charge in [-0.1, -0.05) is 0 Å². The minimum absolute atomic E-state index is 0.157. The second-order valence-electron chi connectivity index (χ2n) is 4.13. The summed E-state index contributed by atoms with van der Waals surface area (Å²) in [6.45, 7) is 3.08. The highest BCUT2D eigenvalue weighted by molar-refractivity contribution is 7.89. The summed E-state index contributed by atoms with van der Waals surface area (Å²) in [5.41, 5.74) is 0.638. The van der Waals surface area contributed by atoms with Crippen LogP contribution in [0.5, 0.6) is 0 Å². The molecule has 1 aromatic rings. The molecule has 1 aliphatic heterocycles. The standard InChI is InChI=1S/C10H16N4O2S/c1-8-4-6-12-10(14-8)17(15,16)13-7-9-3-2-5-11-9/h4,6,9,11,13H,2-3,5,7H2,1H3. The first kappa shape index (κ1) is 12.4. The molecule has 6 nitrogen and oxygen atoms in total. The lowest BCUT2D eigenvalue weighted by Gasteiger charge is -2.11. The molecule has 0 aromatic carbocycles. The fraction of sp³-hybridized carbons (Fsp3) is 0.600. The van der Waals surface area contributed by atoms with Gasteiger partial charge in [-0.05, 0) is 32.4 Å². The van der Waals surface area contributed by atoms with Gasteiger partial charge in [0.1, 0.15) is 0 Å². The fourth-order valence-electron chi connectivity index (χ4n) is 1.76. The Bertz CT molecular complexity index is 483. The van der Waals surface area contributed by atoms with Crippen molar-refractivity contribution in [1.82, 2.24) is 20.0 Å². The lowest BCUT2D eigenvalue weighted by molar-refractivity contribution is 0.545. The minimum Gasteiger partial charge on any atom is -0.313 e. The topological polar surface area (TPSA) is 84.0 Å². The van der Waals surface area contributed by atoms with Crippen LogP contribution >= 0.6 is 0 Å². The molecular formula is C10H16N4O2S. The molecule has 0 aliphatic carbocycles. The Hall–Kier alpha value is -1.05. The van der Waals surface area contributed by atoms with Gasteiger partial charge >= 0.3 is 0 Å². The highest BCUT2D eigenvalue weighted by atomic mass is 32.2. The molecule has 7 heteroatoms. The molecule has 0 amide bonds. The van der Waals surface area contributed by atoms with Gasteiger partial charge in [0.25, 0.3) is 15.2 Å². The van der Waals surface area contributed by atoms with Crippen LogP contribution in [-0.2, 0) is 10.0 Å². The predicted octanol–water partition coefficient (Wildman–Crippen LogP) is -0.185. The Labute approximate surface area is 101 Å². The lowest BCUT2D eigenvalue weighted by Crippen LogP contribution is -2.37. The van der Waals surface area contributed by atoms with Crippen LogP contribution in [0.25, 0.3) is 0 Å². The maximum absolute atomic E-state index is 11.9. The molecule has 1 atom stereocenters. The van der Waals surface area contributed by atoms with E-state index in [2.05, 4.69) is 20.0 Å². The SMILES string of the molecule is Cc1ccnc(S(=O)(=O)NCC2CCCN2)n1. The molecule has 2 heterocycles. The van der Waals surface area contributed by atoms with Crippen molar-refractivity contribution in [2.24, 2.45) is 0 Å². The van der Waals surface area contributed by atoms with Crippen molar-refractivity contribution in [3.05, 3.63) is 18.0 Å². The Balaban J connectivity index is 2.03. The summed E-state index contributed by atoms with van der Waals surface area (Å²) < 4.78 is 26.3. The number of rotatable bonds is 4. The molecule has 0 saturated carbocycles. The normalized spacial score (nSPS) is 20.6. The monoisotopic (exact) mass is 256 g/mol. The third-order valence-corrected chi connectivity index (χ3v) is 3.92. The van der Waals surface area contributed by atoms with E-state index in [4.69, 9.17) is 0 Å². The van der Waals surface area contributed by atoms with Crippen molar-refractivity contribution in [3.8, 4) is 0 Å². The number of nitrogens with zero attached hydrogens (tertiary/aromatic N) is 2. The maximum Gasteiger partial charge on any atom is 0.276 e. The summed E-state index contributed by atoms with van der Waals surface area (Å²) in [7, 11) is -3.58. The summed E-state index contributed by atoms with van der Waals surface area (Å²) in [5.74, 6) is 0. The lowest BCUT2D eigenvalue weighted by atomic mass is 10.2. The van der Waals surface area contributed by atoms with Crippen LogP contribution in [0.15, 0.2) is 17.4 Å². The Morgan fingerprint density at radius 1 is 1.59 bits per heavy atom. The van der Waals surface area contributed by atoms with E-state index in [1.807, 2.05) is 0 Å². The average molecular weight is 256 g/mol. The van der Waals surface area contributed by atoms with Crippen molar-refractivity contribution in [2.45, 2.75) is 31.0 Å². The largest absolute Gasteiger partial charge is 0.313 e. The van der Waals surface area contributed by atoms with E-state index < -0.39 is 10.0 Å². The van der Waals surface area contributed by atoms with Gasteiger partial charge < -0.3 is 5.32 Å². The first-order chi connectivity index (χ1) is 8.08. The van der Waals surface area contributed by atoms with E-state index in [9.17, 15) is 8.42 Å². The summed E-state index contributed by atoms with van der Waals surface area (Å²) >= 11 is 0. The molecule has 1 unspecified atom stereocenters. The van der Waals surface area contributed by atoms with Crippen LogP contribution in [0.3, 0.4) is 0 Å². The summed E-state index contributed by atoms with van der Waals surface area (Å²) in [6, 6.07) is 1.88. The first-order valence-corrected chi connectivity index (χ1v) is 7.09. The van der Waals surface area contributed by atoms with Gasteiger partial charge in [-0.2, -0.15) is 0 Å². The molecule has 1 saturated heterocycles. The quantitative estimate of drug-likeness (QED) is 0.730. The van der Waals surface area contributed by atoms with Gasteiger partial charge in [0.05, 0.1) is 0 Å². The molecule has 0 bridgehead atoms. The fourth-order valence-corrected chi connectivity index (χ4v) is 2.77. The first-order valence-electron chi connectivity index (χ1n) is 5.60. The Morgan fingerprint density at radius 3 is 3.06 bits per heavy atom. The Morgan fingerprint density at radius 2 is 2.41 bits per heavy atom. The van der Waals surface area contributed by atoms with Crippen LogP contribution in [-0.4, -0.2) is 37.5 Å². The maximum atomic E-state index is 11.9. The van der Waals surface area contributed by atoms with Crippen LogP contribution in [0.1, 0.15) is 18.5 Å². The number of aryl methyl sites for hydroxylation is 1. The highest BCUT2D eigenvalue weighted by Crippen LogP contribution is 2.06. The van der Waals surface area contributed by atoms with Gasteiger partial charge in [-0.15, -0.1) is 0 Å². The molecule has 1 aliphatic rings. The number of hydrogen-bond donors (Lipinski definition) is 2. The van der Waals surface area contributed by atoms with Crippen molar-refractivity contribution in [3.63, 3.8) is 0 Å². The molecule has 1 aromatic heterocycles. The number of sulfonamides is 1.